The number of benzene rings is 9. The van der Waals surface area contributed by atoms with Gasteiger partial charge >= 0.3 is 0 Å². The van der Waals surface area contributed by atoms with Crippen molar-refractivity contribution in [2.24, 2.45) is 0 Å². The number of rotatable bonds is 3. The molecule has 0 saturated heterocycles. The molecule has 232 valence electrons. The van der Waals surface area contributed by atoms with Gasteiger partial charge in [-0.2, -0.15) is 0 Å². The highest BCUT2D eigenvalue weighted by atomic mass is 16.3. The van der Waals surface area contributed by atoms with Crippen molar-refractivity contribution >= 4 is 76.2 Å². The van der Waals surface area contributed by atoms with E-state index in [9.17, 15) is 5.48 Å². The molecule has 0 aliphatic heterocycles. The summed E-state index contributed by atoms with van der Waals surface area (Å²) in [5.41, 5.74) is 6.34. The molecule has 0 spiro atoms. The molecule has 2 heterocycles. The topological polar surface area (TPSA) is 26.3 Å². The second-order valence-electron chi connectivity index (χ2n) is 12.6. The number of para-hydroxylation sites is 1. The van der Waals surface area contributed by atoms with E-state index in [1.54, 1.807) is 0 Å². The van der Waals surface area contributed by atoms with Crippen LogP contribution in [-0.2, 0) is 0 Å². The van der Waals surface area contributed by atoms with Gasteiger partial charge in [-0.3, -0.25) is 0 Å². The molecule has 2 heteroatoms. The molecule has 9 aromatic carbocycles. The molecule has 50 heavy (non-hydrogen) atoms. The highest BCUT2D eigenvalue weighted by molar-refractivity contribution is 6.26. The van der Waals surface area contributed by atoms with Gasteiger partial charge in [-0.1, -0.05) is 133 Å². The van der Waals surface area contributed by atoms with E-state index in [0.717, 1.165) is 60.2 Å². The molecule has 2 nitrogen and oxygen atoms in total. The molecule has 0 radical (unpaired) electrons. The van der Waals surface area contributed by atoms with Crippen LogP contribution in [0.1, 0.15) is 11.0 Å². The van der Waals surface area contributed by atoms with Crippen molar-refractivity contribution in [3.05, 3.63) is 170 Å². The summed E-state index contributed by atoms with van der Waals surface area (Å²) in [6.45, 7) is 0. The first-order chi connectivity index (χ1) is 28.1. The van der Waals surface area contributed by atoms with E-state index in [4.69, 9.17) is 14.3 Å². The van der Waals surface area contributed by atoms with E-state index in [1.807, 2.05) is 121 Å². The Morgan fingerprint density at radius 3 is 1.68 bits per heavy atom. The molecule has 11 rings (SSSR count). The van der Waals surface area contributed by atoms with Gasteiger partial charge in [0.25, 0.3) is 0 Å². The molecule has 0 unspecified atom stereocenters. The molecule has 0 aliphatic carbocycles. The summed E-state index contributed by atoms with van der Waals surface area (Å²) in [7, 11) is 0. The molecule has 2 aromatic heterocycles. The van der Waals surface area contributed by atoms with Crippen molar-refractivity contribution < 1.29 is 19.8 Å². The fraction of sp³-hybridized carbons (Fsp3) is 0. The average molecular weight is 645 g/mol. The van der Waals surface area contributed by atoms with Gasteiger partial charge < -0.3 is 8.83 Å². The Bertz CT molecular complexity index is 3530. The van der Waals surface area contributed by atoms with E-state index < -0.39 is 24.2 Å². The Morgan fingerprint density at radius 2 is 0.920 bits per heavy atom. The molecule has 0 N–H and O–H groups in total. The average Bonchev–Trinajstić information content (AvgIpc) is 3.82. The van der Waals surface area contributed by atoms with Crippen molar-refractivity contribution in [3.63, 3.8) is 0 Å². The highest BCUT2D eigenvalue weighted by Crippen LogP contribution is 2.46. The van der Waals surface area contributed by atoms with E-state index in [1.165, 1.54) is 0 Å². The van der Waals surface area contributed by atoms with Crippen LogP contribution in [0.25, 0.3) is 110 Å². The molecular formula is C48H28O2. The van der Waals surface area contributed by atoms with Crippen LogP contribution < -0.4 is 0 Å². The van der Waals surface area contributed by atoms with Crippen LogP contribution in [0.15, 0.2) is 179 Å². The first-order valence-corrected chi connectivity index (χ1v) is 16.4. The van der Waals surface area contributed by atoms with Gasteiger partial charge in [0.05, 0.1) is 11.0 Å². The summed E-state index contributed by atoms with van der Waals surface area (Å²) in [6, 6.07) is 35.7. The maximum absolute atomic E-state index is 9.39. The van der Waals surface area contributed by atoms with E-state index in [0.29, 0.717) is 27.8 Å². The quantitative estimate of drug-likeness (QED) is 0.179. The monoisotopic (exact) mass is 644 g/mol. The highest BCUT2D eigenvalue weighted by Gasteiger charge is 2.19. The summed E-state index contributed by atoms with van der Waals surface area (Å²) in [4.78, 5) is 0. The van der Waals surface area contributed by atoms with Crippen LogP contribution in [0.3, 0.4) is 0 Å². The Balaban J connectivity index is 1.22. The van der Waals surface area contributed by atoms with Gasteiger partial charge in [0, 0.05) is 21.5 Å². The minimum Gasteiger partial charge on any atom is -0.456 e. The maximum atomic E-state index is 9.39. The third-order valence-corrected chi connectivity index (χ3v) is 9.89. The zero-order valence-electron chi connectivity index (χ0n) is 34.4. The first kappa shape index (κ1) is 20.7. The van der Waals surface area contributed by atoms with Crippen LogP contribution in [0.2, 0.25) is 0 Å². The minimum atomic E-state index is -0.436. The predicted octanol–water partition coefficient (Wildman–Crippen LogP) is 13.9. The number of furan rings is 2. The summed E-state index contributed by atoms with van der Waals surface area (Å²) in [6.07, 6.45) is 0. The third-order valence-electron chi connectivity index (χ3n) is 9.89. The van der Waals surface area contributed by atoms with Crippen molar-refractivity contribution in [3.8, 4) is 33.4 Å². The lowest BCUT2D eigenvalue weighted by molar-refractivity contribution is 0.663. The zero-order chi connectivity index (χ0) is 39.7. The molecule has 0 bridgehead atoms. The molecule has 0 fully saturated rings. The molecule has 0 atom stereocenters. The number of fused-ring (bicyclic) bond motifs is 10. The Hall–Kier alpha value is -6.64. The minimum absolute atomic E-state index is 0.174. The Kier molecular flexibility index (Phi) is 4.31. The second-order valence-corrected chi connectivity index (χ2v) is 12.6. The number of hydrogen-bond donors (Lipinski definition) is 0. The third kappa shape index (κ3) is 3.90. The molecular weight excluding hydrogens is 609 g/mol. The lowest BCUT2D eigenvalue weighted by Crippen LogP contribution is -1.92. The zero-order valence-corrected chi connectivity index (χ0v) is 26.4. The fourth-order valence-electron chi connectivity index (χ4n) is 7.74. The van der Waals surface area contributed by atoms with Crippen LogP contribution >= 0.6 is 0 Å². The summed E-state index contributed by atoms with van der Waals surface area (Å²) in [5, 5.41) is 6.26. The summed E-state index contributed by atoms with van der Waals surface area (Å²) in [5.74, 6) is 0. The normalized spacial score (nSPS) is 14.2. The van der Waals surface area contributed by atoms with Crippen LogP contribution in [0.4, 0.5) is 0 Å². The predicted molar refractivity (Wildman–Crippen MR) is 210 cm³/mol. The molecule has 11 aromatic rings. The van der Waals surface area contributed by atoms with Gasteiger partial charge in [-0.05, 0) is 102 Å². The van der Waals surface area contributed by atoms with Crippen molar-refractivity contribution in [1.29, 1.82) is 0 Å². The van der Waals surface area contributed by atoms with Crippen molar-refractivity contribution in [1.82, 2.24) is 0 Å². The molecule has 0 saturated carbocycles. The van der Waals surface area contributed by atoms with Crippen LogP contribution in [0.5, 0.6) is 0 Å². The lowest BCUT2D eigenvalue weighted by Gasteiger charge is -2.19. The Morgan fingerprint density at radius 1 is 0.360 bits per heavy atom. The van der Waals surface area contributed by atoms with Crippen molar-refractivity contribution in [2.45, 2.75) is 0 Å². The largest absolute Gasteiger partial charge is 0.456 e. The van der Waals surface area contributed by atoms with Crippen molar-refractivity contribution in [2.75, 3.05) is 0 Å². The summed E-state index contributed by atoms with van der Waals surface area (Å²) >= 11 is 0. The van der Waals surface area contributed by atoms with Gasteiger partial charge in [0.2, 0.25) is 0 Å². The van der Waals surface area contributed by atoms with Crippen LogP contribution in [-0.4, -0.2) is 0 Å². The van der Waals surface area contributed by atoms with Gasteiger partial charge in [-0.15, -0.1) is 0 Å². The van der Waals surface area contributed by atoms with Gasteiger partial charge in [0.15, 0.2) is 0 Å². The summed E-state index contributed by atoms with van der Waals surface area (Å²) < 4.78 is 85.4. The molecule has 0 aliphatic rings. The van der Waals surface area contributed by atoms with E-state index in [2.05, 4.69) is 0 Å². The standard InChI is InChI=1S/C48H28O2/c1-2-15-33-29(11-1)12-10-21-34(33)46-37-18-5-3-16-35(37)45(36-17-4-6-19-38(36)46)32-14-9-13-30(27-32)31-23-24-40-44(28-31)50-43-26-25-42-47(48(40)43)39-20-7-8-22-41(39)49-42/h1-28H/i3D,4D,5D,6D,16D,17D,18D,19D. The smallest absolute Gasteiger partial charge is 0.136 e. The Labute approximate surface area is 298 Å². The fourth-order valence-corrected chi connectivity index (χ4v) is 7.74. The molecule has 0 amide bonds. The van der Waals surface area contributed by atoms with Crippen LogP contribution in [0, 0.1) is 0 Å². The second kappa shape index (κ2) is 10.4. The maximum Gasteiger partial charge on any atom is 0.136 e. The van der Waals surface area contributed by atoms with E-state index in [-0.39, 0.29) is 45.7 Å². The lowest BCUT2D eigenvalue weighted by atomic mass is 9.84. The first-order valence-electron chi connectivity index (χ1n) is 20.4. The van der Waals surface area contributed by atoms with Gasteiger partial charge in [0.1, 0.15) is 22.3 Å². The number of hydrogen-bond acceptors (Lipinski definition) is 2. The van der Waals surface area contributed by atoms with E-state index >= 15 is 0 Å². The van der Waals surface area contributed by atoms with Gasteiger partial charge in [-0.25, -0.2) is 0 Å². The SMILES string of the molecule is [2H]c1c([2H])c([2H])c2c(-c3cccc4ccccc34)c3c([2H])c([2H])c([2H])c([2H])c3c(-c3cccc(-c4ccc5c(c4)oc4ccc6oc7ccccc7c6c45)c3)c2c1[2H].